The van der Waals surface area contributed by atoms with Crippen molar-refractivity contribution in [3.8, 4) is 0 Å². The molecule has 158 valence electrons. The maximum absolute atomic E-state index is 13.6. The highest BCUT2D eigenvalue weighted by molar-refractivity contribution is 7.21. The first kappa shape index (κ1) is 20.4. The number of carbonyl (C=O) groups is 1. The fourth-order valence-electron chi connectivity index (χ4n) is 3.71. The van der Waals surface area contributed by atoms with Crippen LogP contribution in [-0.2, 0) is 0 Å². The van der Waals surface area contributed by atoms with Crippen LogP contribution in [0.1, 0.15) is 26.8 Å². The van der Waals surface area contributed by atoms with E-state index in [0.29, 0.717) is 15.6 Å². The summed E-state index contributed by atoms with van der Waals surface area (Å²) in [5, 5.41) is 13.8. The average Bonchev–Trinajstić information content (AvgIpc) is 3.42. The van der Waals surface area contributed by atoms with Crippen LogP contribution in [0, 0.1) is 10.1 Å². The van der Waals surface area contributed by atoms with Crippen molar-refractivity contribution in [3.63, 3.8) is 0 Å². The summed E-state index contributed by atoms with van der Waals surface area (Å²) in [5.41, 5.74) is 5.64. The summed E-state index contributed by atoms with van der Waals surface area (Å²) in [6.07, 6.45) is 1.94. The third kappa shape index (κ3) is 3.56. The summed E-state index contributed by atoms with van der Waals surface area (Å²) in [5.74, 6) is -0.254. The van der Waals surface area contributed by atoms with E-state index in [4.69, 9.17) is 11.6 Å². The summed E-state index contributed by atoms with van der Waals surface area (Å²) in [6.45, 7) is 0. The van der Waals surface area contributed by atoms with E-state index in [0.717, 1.165) is 21.2 Å². The molecule has 1 unspecified atom stereocenters. The predicted molar refractivity (Wildman–Crippen MR) is 126 cm³/mol. The number of amides is 1. The second-order valence-corrected chi connectivity index (χ2v) is 8.69. The second kappa shape index (κ2) is 8.20. The number of nitrogens with zero attached hydrogens (tertiary/aromatic N) is 2. The van der Waals surface area contributed by atoms with E-state index in [-0.39, 0.29) is 17.6 Å². The Morgan fingerprint density at radius 2 is 1.69 bits per heavy atom. The van der Waals surface area contributed by atoms with Crippen molar-refractivity contribution >= 4 is 50.3 Å². The van der Waals surface area contributed by atoms with Gasteiger partial charge in [-0.15, -0.1) is 11.3 Å². The second-order valence-electron chi connectivity index (χ2n) is 7.26. The lowest BCUT2D eigenvalue weighted by molar-refractivity contribution is -0.384. The maximum Gasteiger partial charge on any atom is 0.284 e. The van der Waals surface area contributed by atoms with Crippen molar-refractivity contribution in [2.45, 2.75) is 6.04 Å². The molecule has 1 atom stereocenters. The van der Waals surface area contributed by atoms with Crippen molar-refractivity contribution in [1.82, 2.24) is 10.4 Å². The lowest BCUT2D eigenvalue weighted by Gasteiger charge is -2.22. The normalized spacial score (nSPS) is 15.7. The molecule has 0 radical (unpaired) electrons. The molecular weight excluding hydrogens is 446 g/mol. The van der Waals surface area contributed by atoms with E-state index in [1.807, 2.05) is 60.7 Å². The zero-order chi connectivity index (χ0) is 22.2. The molecular formula is C24H16ClN3O3S. The third-order valence-electron chi connectivity index (χ3n) is 5.30. The Morgan fingerprint density at radius 3 is 2.38 bits per heavy atom. The highest BCUT2D eigenvalue weighted by Crippen LogP contribution is 2.39. The average molecular weight is 462 g/mol. The quantitative estimate of drug-likeness (QED) is 0.290. The van der Waals surface area contributed by atoms with Crippen LogP contribution in [0.25, 0.3) is 15.8 Å². The van der Waals surface area contributed by atoms with Gasteiger partial charge in [0.1, 0.15) is 4.88 Å². The van der Waals surface area contributed by atoms with Crippen LogP contribution in [0.4, 0.5) is 5.69 Å². The SMILES string of the molecule is O=C(c1sc2ccccc2c1Cl)N1NC(c2ccc([N+](=O)[O-])cc2)C=C1c1ccccc1. The van der Waals surface area contributed by atoms with Gasteiger partial charge in [-0.25, -0.2) is 10.4 Å². The van der Waals surface area contributed by atoms with Gasteiger partial charge >= 0.3 is 0 Å². The minimum absolute atomic E-state index is 0.0176. The van der Waals surface area contributed by atoms with Gasteiger partial charge in [-0.05, 0) is 23.3 Å². The maximum atomic E-state index is 13.6. The van der Waals surface area contributed by atoms with Crippen LogP contribution in [0.3, 0.4) is 0 Å². The van der Waals surface area contributed by atoms with Gasteiger partial charge in [-0.1, -0.05) is 72.3 Å². The standard InChI is InChI=1S/C24H16ClN3O3S/c25-22-18-8-4-5-9-21(18)32-23(22)24(29)27-20(16-6-2-1-3-7-16)14-19(26-27)15-10-12-17(13-11-15)28(30)31/h1-14,19,26H. The minimum Gasteiger partial charge on any atom is -0.266 e. The molecule has 4 aromatic rings. The lowest BCUT2D eigenvalue weighted by atomic mass is 10.0. The fraction of sp³-hybridized carbons (Fsp3) is 0.0417. The van der Waals surface area contributed by atoms with Crippen molar-refractivity contribution in [2.24, 2.45) is 0 Å². The first-order chi connectivity index (χ1) is 15.5. The number of hydrogen-bond donors (Lipinski definition) is 1. The molecule has 0 fully saturated rings. The lowest BCUT2D eigenvalue weighted by Crippen LogP contribution is -2.38. The monoisotopic (exact) mass is 461 g/mol. The van der Waals surface area contributed by atoms with Gasteiger partial charge in [0.05, 0.1) is 21.7 Å². The number of hydrazine groups is 1. The smallest absolute Gasteiger partial charge is 0.266 e. The minimum atomic E-state index is -0.434. The summed E-state index contributed by atoms with van der Waals surface area (Å²) in [7, 11) is 0. The van der Waals surface area contributed by atoms with E-state index in [9.17, 15) is 14.9 Å². The molecule has 6 nitrogen and oxygen atoms in total. The van der Waals surface area contributed by atoms with Gasteiger partial charge in [0.2, 0.25) is 0 Å². The molecule has 1 aliphatic rings. The number of non-ortho nitro benzene ring substituents is 1. The van der Waals surface area contributed by atoms with Crippen molar-refractivity contribution in [1.29, 1.82) is 0 Å². The molecule has 0 bridgehead atoms. The number of thiophene rings is 1. The number of fused-ring (bicyclic) bond motifs is 1. The molecule has 1 N–H and O–H groups in total. The molecule has 0 spiro atoms. The highest BCUT2D eigenvalue weighted by atomic mass is 35.5. The van der Waals surface area contributed by atoms with Gasteiger partial charge in [0, 0.05) is 22.2 Å². The Bertz CT molecular complexity index is 1370. The number of nitro benzene ring substituents is 1. The Balaban J connectivity index is 1.54. The Kier molecular flexibility index (Phi) is 5.22. The number of nitrogens with one attached hydrogen (secondary N) is 1. The van der Waals surface area contributed by atoms with E-state index in [1.54, 1.807) is 12.1 Å². The molecule has 1 aromatic heterocycles. The van der Waals surface area contributed by atoms with E-state index in [2.05, 4.69) is 5.43 Å². The van der Waals surface area contributed by atoms with E-state index < -0.39 is 4.92 Å². The fourth-order valence-corrected chi connectivity index (χ4v) is 5.15. The van der Waals surface area contributed by atoms with Gasteiger partial charge in [-0.3, -0.25) is 14.9 Å². The summed E-state index contributed by atoms with van der Waals surface area (Å²) >= 11 is 7.93. The zero-order valence-electron chi connectivity index (χ0n) is 16.6. The van der Waals surface area contributed by atoms with Crippen LogP contribution in [0.5, 0.6) is 0 Å². The van der Waals surface area contributed by atoms with Crippen LogP contribution in [0.2, 0.25) is 5.02 Å². The predicted octanol–water partition coefficient (Wildman–Crippen LogP) is 6.21. The first-order valence-electron chi connectivity index (χ1n) is 9.82. The van der Waals surface area contributed by atoms with Crippen molar-refractivity contribution < 1.29 is 9.72 Å². The number of hydrogen-bond acceptors (Lipinski definition) is 5. The largest absolute Gasteiger partial charge is 0.284 e. The zero-order valence-corrected chi connectivity index (χ0v) is 18.1. The molecule has 0 saturated heterocycles. The highest BCUT2D eigenvalue weighted by Gasteiger charge is 2.32. The van der Waals surface area contributed by atoms with Gasteiger partial charge < -0.3 is 0 Å². The topological polar surface area (TPSA) is 75.5 Å². The van der Waals surface area contributed by atoms with E-state index in [1.165, 1.54) is 28.5 Å². The molecule has 0 aliphatic carbocycles. The number of nitro groups is 1. The molecule has 0 saturated carbocycles. The van der Waals surface area contributed by atoms with Crippen LogP contribution in [-0.4, -0.2) is 15.8 Å². The van der Waals surface area contributed by atoms with Crippen LogP contribution < -0.4 is 5.43 Å². The van der Waals surface area contributed by atoms with Crippen LogP contribution >= 0.6 is 22.9 Å². The van der Waals surface area contributed by atoms with Gasteiger partial charge in [-0.2, -0.15) is 0 Å². The third-order valence-corrected chi connectivity index (χ3v) is 6.96. The Morgan fingerprint density at radius 1 is 1.00 bits per heavy atom. The molecule has 3 aromatic carbocycles. The number of rotatable bonds is 4. The number of carbonyl (C=O) groups excluding carboxylic acids is 1. The summed E-state index contributed by atoms with van der Waals surface area (Å²) < 4.78 is 0.942. The first-order valence-corrected chi connectivity index (χ1v) is 11.0. The van der Waals surface area contributed by atoms with Crippen molar-refractivity contribution in [2.75, 3.05) is 0 Å². The molecule has 8 heteroatoms. The molecule has 32 heavy (non-hydrogen) atoms. The van der Waals surface area contributed by atoms with Gasteiger partial charge in [0.15, 0.2) is 0 Å². The molecule has 1 aliphatic heterocycles. The molecule has 5 rings (SSSR count). The Hall–Kier alpha value is -3.52. The van der Waals surface area contributed by atoms with Gasteiger partial charge in [0.25, 0.3) is 11.6 Å². The summed E-state index contributed by atoms with van der Waals surface area (Å²) in [4.78, 5) is 24.6. The number of benzene rings is 3. The summed E-state index contributed by atoms with van der Waals surface area (Å²) in [6, 6.07) is 23.2. The van der Waals surface area contributed by atoms with Crippen LogP contribution in [0.15, 0.2) is 84.9 Å². The van der Waals surface area contributed by atoms with E-state index >= 15 is 0 Å². The molecule has 1 amide bonds. The number of halogens is 1. The van der Waals surface area contributed by atoms with Crippen molar-refractivity contribution in [3.05, 3.63) is 116 Å². The molecule has 2 heterocycles. The Labute approximate surface area is 192 Å².